The largest absolute Gasteiger partial charge is 0.396 e. The lowest BCUT2D eigenvalue weighted by atomic mass is 9.81. The number of nitrogens with zero attached hydrogens (tertiary/aromatic N) is 1. The van der Waals surface area contributed by atoms with Crippen molar-refractivity contribution in [3.63, 3.8) is 0 Å². The van der Waals surface area contributed by atoms with E-state index in [0.717, 1.165) is 5.92 Å². The van der Waals surface area contributed by atoms with Gasteiger partial charge < -0.3 is 4.84 Å². The zero-order valence-electron chi connectivity index (χ0n) is 8.12. The number of hydrogen-bond donors (Lipinski definition) is 0. The van der Waals surface area contributed by atoms with Crippen LogP contribution in [0, 0.1) is 11.8 Å². The van der Waals surface area contributed by atoms with Crippen LogP contribution in [0.25, 0.3) is 0 Å². The van der Waals surface area contributed by atoms with Crippen molar-refractivity contribution in [2.75, 3.05) is 6.61 Å². The molecule has 0 aromatic heterocycles. The van der Waals surface area contributed by atoms with Gasteiger partial charge in [-0.2, -0.15) is 0 Å². The highest BCUT2D eigenvalue weighted by Gasteiger charge is 2.19. The highest BCUT2D eigenvalue weighted by atomic mass is 16.6. The standard InChI is InChI=1S/C10H19NO/c1-3-12-11-8-10-7-5-4-6-9(10)2/h8-10H,3-7H2,1-2H3/b11-8+. The molecule has 0 N–H and O–H groups in total. The van der Waals surface area contributed by atoms with Gasteiger partial charge in [0.2, 0.25) is 0 Å². The molecule has 2 nitrogen and oxygen atoms in total. The normalized spacial score (nSPS) is 30.8. The quantitative estimate of drug-likeness (QED) is 0.470. The third-order valence-electron chi connectivity index (χ3n) is 2.63. The third-order valence-corrected chi connectivity index (χ3v) is 2.63. The molecular formula is C10H19NO. The van der Waals surface area contributed by atoms with Crippen LogP contribution in [0.5, 0.6) is 0 Å². The molecule has 2 heteroatoms. The Hall–Kier alpha value is -0.530. The zero-order chi connectivity index (χ0) is 8.81. The Morgan fingerprint density at radius 2 is 2.17 bits per heavy atom. The SMILES string of the molecule is CCO/N=C/C1CCCCC1C. The van der Waals surface area contributed by atoms with Crippen molar-refractivity contribution < 1.29 is 4.84 Å². The van der Waals surface area contributed by atoms with Gasteiger partial charge in [0.15, 0.2) is 0 Å². The summed E-state index contributed by atoms with van der Waals surface area (Å²) in [5.74, 6) is 1.45. The summed E-state index contributed by atoms with van der Waals surface area (Å²) in [5, 5.41) is 3.94. The minimum atomic E-state index is 0.658. The minimum Gasteiger partial charge on any atom is -0.396 e. The van der Waals surface area contributed by atoms with Crippen LogP contribution in [0.15, 0.2) is 5.16 Å². The average molecular weight is 169 g/mol. The fraction of sp³-hybridized carbons (Fsp3) is 0.900. The monoisotopic (exact) mass is 169 g/mol. The fourth-order valence-corrected chi connectivity index (χ4v) is 1.76. The molecule has 0 aromatic rings. The lowest BCUT2D eigenvalue weighted by Gasteiger charge is -2.24. The molecular weight excluding hydrogens is 150 g/mol. The van der Waals surface area contributed by atoms with Gasteiger partial charge in [0, 0.05) is 12.1 Å². The minimum absolute atomic E-state index is 0.658. The van der Waals surface area contributed by atoms with E-state index in [4.69, 9.17) is 4.84 Å². The average Bonchev–Trinajstić information content (AvgIpc) is 2.09. The highest BCUT2D eigenvalue weighted by Crippen LogP contribution is 2.27. The molecule has 0 heterocycles. The molecule has 70 valence electrons. The van der Waals surface area contributed by atoms with Crippen molar-refractivity contribution in [1.29, 1.82) is 0 Å². The van der Waals surface area contributed by atoms with E-state index in [1.54, 1.807) is 0 Å². The number of rotatable bonds is 3. The Morgan fingerprint density at radius 3 is 2.83 bits per heavy atom. The van der Waals surface area contributed by atoms with Crippen molar-refractivity contribution in [3.05, 3.63) is 0 Å². The molecule has 1 fully saturated rings. The van der Waals surface area contributed by atoms with E-state index in [1.165, 1.54) is 25.7 Å². The predicted molar refractivity (Wildman–Crippen MR) is 51.2 cm³/mol. The van der Waals surface area contributed by atoms with Gasteiger partial charge in [-0.05, 0) is 19.3 Å². The van der Waals surface area contributed by atoms with Crippen LogP contribution in [-0.2, 0) is 4.84 Å². The Morgan fingerprint density at radius 1 is 1.42 bits per heavy atom. The van der Waals surface area contributed by atoms with Gasteiger partial charge in [0.1, 0.15) is 6.61 Å². The van der Waals surface area contributed by atoms with Gasteiger partial charge in [-0.1, -0.05) is 31.3 Å². The lowest BCUT2D eigenvalue weighted by Crippen LogP contribution is -2.17. The molecule has 1 aliphatic rings. The maximum Gasteiger partial charge on any atom is 0.114 e. The van der Waals surface area contributed by atoms with Crippen molar-refractivity contribution in [2.24, 2.45) is 17.0 Å². The van der Waals surface area contributed by atoms with Crippen LogP contribution in [0.4, 0.5) is 0 Å². The van der Waals surface area contributed by atoms with Gasteiger partial charge in [0.25, 0.3) is 0 Å². The van der Waals surface area contributed by atoms with Crippen LogP contribution in [0.1, 0.15) is 39.5 Å². The number of oxime groups is 1. The summed E-state index contributed by atoms with van der Waals surface area (Å²) in [6, 6.07) is 0. The molecule has 0 aliphatic heterocycles. The Bertz CT molecular complexity index is 145. The van der Waals surface area contributed by atoms with Gasteiger partial charge in [-0.25, -0.2) is 0 Å². The molecule has 2 unspecified atom stereocenters. The molecule has 12 heavy (non-hydrogen) atoms. The van der Waals surface area contributed by atoms with Gasteiger partial charge in [0.05, 0.1) is 0 Å². The predicted octanol–water partition coefficient (Wildman–Crippen LogP) is 2.84. The summed E-state index contributed by atoms with van der Waals surface area (Å²) in [6.07, 6.45) is 7.38. The van der Waals surface area contributed by atoms with E-state index >= 15 is 0 Å². The Kier molecular flexibility index (Phi) is 4.12. The van der Waals surface area contributed by atoms with Crippen molar-refractivity contribution in [2.45, 2.75) is 39.5 Å². The van der Waals surface area contributed by atoms with E-state index in [-0.39, 0.29) is 0 Å². The van der Waals surface area contributed by atoms with Gasteiger partial charge in [-0.15, -0.1) is 0 Å². The van der Waals surface area contributed by atoms with E-state index in [1.807, 2.05) is 13.1 Å². The van der Waals surface area contributed by atoms with E-state index in [2.05, 4.69) is 12.1 Å². The number of hydrogen-bond acceptors (Lipinski definition) is 2. The summed E-state index contributed by atoms with van der Waals surface area (Å²) >= 11 is 0. The van der Waals surface area contributed by atoms with Crippen molar-refractivity contribution >= 4 is 6.21 Å². The third kappa shape index (κ3) is 2.84. The molecule has 0 radical (unpaired) electrons. The Labute approximate surface area is 75.0 Å². The molecule has 0 saturated heterocycles. The summed E-state index contributed by atoms with van der Waals surface area (Å²) < 4.78 is 0. The van der Waals surface area contributed by atoms with Crippen LogP contribution < -0.4 is 0 Å². The molecule has 0 amide bonds. The molecule has 1 saturated carbocycles. The Balaban J connectivity index is 2.28. The first kappa shape index (κ1) is 9.56. The topological polar surface area (TPSA) is 21.6 Å². The van der Waals surface area contributed by atoms with E-state index < -0.39 is 0 Å². The second kappa shape index (κ2) is 5.18. The first-order chi connectivity index (χ1) is 5.84. The van der Waals surface area contributed by atoms with Crippen LogP contribution in [-0.4, -0.2) is 12.8 Å². The molecule has 2 atom stereocenters. The molecule has 1 aliphatic carbocycles. The summed E-state index contributed by atoms with van der Waals surface area (Å²) in [5.41, 5.74) is 0. The van der Waals surface area contributed by atoms with Crippen LogP contribution in [0.2, 0.25) is 0 Å². The van der Waals surface area contributed by atoms with Gasteiger partial charge in [-0.3, -0.25) is 0 Å². The maximum absolute atomic E-state index is 4.95. The van der Waals surface area contributed by atoms with Gasteiger partial charge >= 0.3 is 0 Å². The van der Waals surface area contributed by atoms with Crippen LogP contribution in [0.3, 0.4) is 0 Å². The second-order valence-corrected chi connectivity index (χ2v) is 3.60. The lowest BCUT2D eigenvalue weighted by molar-refractivity contribution is 0.157. The van der Waals surface area contributed by atoms with Crippen molar-refractivity contribution in [3.8, 4) is 0 Å². The highest BCUT2D eigenvalue weighted by molar-refractivity contribution is 5.60. The summed E-state index contributed by atoms with van der Waals surface area (Å²) in [6.45, 7) is 4.95. The maximum atomic E-state index is 4.95. The van der Waals surface area contributed by atoms with Crippen LogP contribution >= 0.6 is 0 Å². The van der Waals surface area contributed by atoms with Crippen molar-refractivity contribution in [1.82, 2.24) is 0 Å². The molecule has 1 rings (SSSR count). The molecule has 0 bridgehead atoms. The smallest absolute Gasteiger partial charge is 0.114 e. The fourth-order valence-electron chi connectivity index (χ4n) is 1.76. The first-order valence-corrected chi connectivity index (χ1v) is 5.00. The summed E-state index contributed by atoms with van der Waals surface area (Å²) in [7, 11) is 0. The first-order valence-electron chi connectivity index (χ1n) is 5.00. The molecule has 0 aromatic carbocycles. The summed E-state index contributed by atoms with van der Waals surface area (Å²) in [4.78, 5) is 4.95. The second-order valence-electron chi connectivity index (χ2n) is 3.60. The van der Waals surface area contributed by atoms with E-state index in [0.29, 0.717) is 12.5 Å². The van der Waals surface area contributed by atoms with E-state index in [9.17, 15) is 0 Å². The zero-order valence-corrected chi connectivity index (χ0v) is 8.12. The molecule has 0 spiro atoms.